The van der Waals surface area contributed by atoms with E-state index in [0.717, 1.165) is 17.1 Å². The van der Waals surface area contributed by atoms with E-state index in [1.165, 1.54) is 17.9 Å². The van der Waals surface area contributed by atoms with Crippen molar-refractivity contribution in [3.8, 4) is 0 Å². The lowest BCUT2D eigenvalue weighted by atomic mass is 10.2. The summed E-state index contributed by atoms with van der Waals surface area (Å²) in [5.74, 6) is 3.33. The Hall–Kier alpha value is -0.900. The first kappa shape index (κ1) is 9.65. The Morgan fingerprint density at radius 3 is 3.14 bits per heavy atom. The lowest BCUT2D eigenvalue weighted by molar-refractivity contribution is 0.807. The molecule has 0 amide bonds. The van der Waals surface area contributed by atoms with Crippen molar-refractivity contribution in [2.45, 2.75) is 19.4 Å². The van der Waals surface area contributed by atoms with Crippen molar-refractivity contribution >= 4 is 23.3 Å². The number of rotatable bonds is 2. The molecule has 1 aromatic rings. The van der Waals surface area contributed by atoms with Crippen LogP contribution in [0.25, 0.3) is 0 Å². The zero-order valence-corrected chi connectivity index (χ0v) is 9.10. The highest BCUT2D eigenvalue weighted by atomic mass is 32.2. The SMILES string of the molecule is Cc1cnc(NC2CCSC2)cc1N. The molecule has 1 aliphatic rings. The molecule has 1 atom stereocenters. The number of anilines is 2. The van der Waals surface area contributed by atoms with E-state index in [1.807, 2.05) is 30.9 Å². The maximum Gasteiger partial charge on any atom is 0.128 e. The minimum Gasteiger partial charge on any atom is -0.398 e. The van der Waals surface area contributed by atoms with Crippen molar-refractivity contribution in [2.75, 3.05) is 22.6 Å². The summed E-state index contributed by atoms with van der Waals surface area (Å²) in [6.07, 6.45) is 3.04. The molecule has 1 fully saturated rings. The fraction of sp³-hybridized carbons (Fsp3) is 0.500. The van der Waals surface area contributed by atoms with Gasteiger partial charge in [0.2, 0.25) is 0 Å². The van der Waals surface area contributed by atoms with Gasteiger partial charge < -0.3 is 11.1 Å². The first-order chi connectivity index (χ1) is 6.75. The second-order valence-electron chi connectivity index (χ2n) is 3.63. The van der Waals surface area contributed by atoms with Crippen molar-refractivity contribution in [2.24, 2.45) is 0 Å². The molecule has 3 nitrogen and oxygen atoms in total. The van der Waals surface area contributed by atoms with Crippen molar-refractivity contribution in [3.63, 3.8) is 0 Å². The number of pyridine rings is 1. The van der Waals surface area contributed by atoms with E-state index in [1.54, 1.807) is 0 Å². The van der Waals surface area contributed by atoms with Gasteiger partial charge in [-0.2, -0.15) is 11.8 Å². The highest BCUT2D eigenvalue weighted by molar-refractivity contribution is 7.99. The summed E-state index contributed by atoms with van der Waals surface area (Å²) in [6, 6.07) is 2.48. The van der Waals surface area contributed by atoms with Gasteiger partial charge in [-0.15, -0.1) is 0 Å². The Bertz CT molecular complexity index is 321. The molecule has 1 aliphatic heterocycles. The van der Waals surface area contributed by atoms with Gasteiger partial charge in [-0.25, -0.2) is 4.98 Å². The molecule has 1 aromatic heterocycles. The summed E-state index contributed by atoms with van der Waals surface area (Å²) >= 11 is 1.99. The summed E-state index contributed by atoms with van der Waals surface area (Å²) in [5.41, 5.74) is 7.66. The Labute approximate surface area is 88.5 Å². The third-order valence-corrected chi connectivity index (χ3v) is 3.59. The van der Waals surface area contributed by atoms with Gasteiger partial charge in [0.1, 0.15) is 5.82 Å². The summed E-state index contributed by atoms with van der Waals surface area (Å²) in [7, 11) is 0. The summed E-state index contributed by atoms with van der Waals surface area (Å²) in [5, 5.41) is 3.40. The van der Waals surface area contributed by atoms with E-state index < -0.39 is 0 Å². The molecule has 2 heterocycles. The second kappa shape index (κ2) is 4.09. The van der Waals surface area contributed by atoms with Gasteiger partial charge in [0.05, 0.1) is 0 Å². The van der Waals surface area contributed by atoms with Crippen LogP contribution in [0.2, 0.25) is 0 Å². The van der Waals surface area contributed by atoms with Crippen molar-refractivity contribution < 1.29 is 0 Å². The van der Waals surface area contributed by atoms with Gasteiger partial charge in [0.25, 0.3) is 0 Å². The van der Waals surface area contributed by atoms with Crippen LogP contribution in [0.3, 0.4) is 0 Å². The normalized spacial score (nSPS) is 21.1. The number of nitrogens with zero attached hydrogens (tertiary/aromatic N) is 1. The zero-order chi connectivity index (χ0) is 9.97. The van der Waals surface area contributed by atoms with Gasteiger partial charge >= 0.3 is 0 Å². The van der Waals surface area contributed by atoms with E-state index in [-0.39, 0.29) is 0 Å². The molecule has 4 heteroatoms. The molecule has 2 rings (SSSR count). The van der Waals surface area contributed by atoms with Crippen molar-refractivity contribution in [1.82, 2.24) is 4.98 Å². The first-order valence-electron chi connectivity index (χ1n) is 4.82. The number of aromatic nitrogens is 1. The number of nitrogen functional groups attached to an aromatic ring is 1. The average Bonchev–Trinajstić information content (AvgIpc) is 2.64. The van der Waals surface area contributed by atoms with Gasteiger partial charge in [0, 0.05) is 29.7 Å². The smallest absolute Gasteiger partial charge is 0.128 e. The minimum atomic E-state index is 0.564. The van der Waals surface area contributed by atoms with Gasteiger partial charge in [0.15, 0.2) is 0 Å². The Balaban J connectivity index is 2.05. The molecule has 0 aromatic carbocycles. The fourth-order valence-corrected chi connectivity index (χ4v) is 2.63. The van der Waals surface area contributed by atoms with Crippen LogP contribution < -0.4 is 11.1 Å². The number of nitrogens with two attached hydrogens (primary N) is 1. The molecule has 0 bridgehead atoms. The number of aryl methyl sites for hydroxylation is 1. The van der Waals surface area contributed by atoms with E-state index in [2.05, 4.69) is 10.3 Å². The lowest BCUT2D eigenvalue weighted by Gasteiger charge is -2.12. The molecule has 14 heavy (non-hydrogen) atoms. The first-order valence-corrected chi connectivity index (χ1v) is 5.97. The Kier molecular flexibility index (Phi) is 2.82. The number of hydrogen-bond acceptors (Lipinski definition) is 4. The third-order valence-electron chi connectivity index (χ3n) is 2.43. The van der Waals surface area contributed by atoms with E-state index in [0.29, 0.717) is 6.04 Å². The standard InChI is InChI=1S/C10H15N3S/c1-7-5-12-10(4-9(7)11)13-8-2-3-14-6-8/h4-5,8H,2-3,6H2,1H3,(H3,11,12,13). The highest BCUT2D eigenvalue weighted by Gasteiger charge is 2.15. The van der Waals surface area contributed by atoms with Gasteiger partial charge in [-0.3, -0.25) is 0 Å². The average molecular weight is 209 g/mol. The molecule has 0 aliphatic carbocycles. The third kappa shape index (κ3) is 2.12. The molecule has 76 valence electrons. The van der Waals surface area contributed by atoms with Crippen molar-refractivity contribution in [3.05, 3.63) is 17.8 Å². The summed E-state index contributed by atoms with van der Waals surface area (Å²) in [4.78, 5) is 4.30. The van der Waals surface area contributed by atoms with Crippen molar-refractivity contribution in [1.29, 1.82) is 0 Å². The largest absolute Gasteiger partial charge is 0.398 e. The topological polar surface area (TPSA) is 50.9 Å². The second-order valence-corrected chi connectivity index (χ2v) is 4.78. The van der Waals surface area contributed by atoms with Crippen LogP contribution in [0.1, 0.15) is 12.0 Å². The van der Waals surface area contributed by atoms with Crippen LogP contribution in [0.15, 0.2) is 12.3 Å². The Morgan fingerprint density at radius 2 is 2.50 bits per heavy atom. The monoisotopic (exact) mass is 209 g/mol. The van der Waals surface area contributed by atoms with Gasteiger partial charge in [-0.1, -0.05) is 0 Å². The van der Waals surface area contributed by atoms with E-state index in [9.17, 15) is 0 Å². The molecule has 1 saturated heterocycles. The number of thioether (sulfide) groups is 1. The predicted molar refractivity (Wildman–Crippen MR) is 62.7 cm³/mol. The van der Waals surface area contributed by atoms with Crippen LogP contribution >= 0.6 is 11.8 Å². The van der Waals surface area contributed by atoms with Crippen LogP contribution in [0.4, 0.5) is 11.5 Å². The summed E-state index contributed by atoms with van der Waals surface area (Å²) < 4.78 is 0. The minimum absolute atomic E-state index is 0.564. The molecule has 0 saturated carbocycles. The maximum absolute atomic E-state index is 5.81. The predicted octanol–water partition coefficient (Wildman–Crippen LogP) is 1.89. The van der Waals surface area contributed by atoms with Crippen LogP contribution in [0, 0.1) is 6.92 Å². The molecule has 0 radical (unpaired) electrons. The van der Waals surface area contributed by atoms with Crippen LogP contribution in [-0.4, -0.2) is 22.5 Å². The molecular weight excluding hydrogens is 194 g/mol. The lowest BCUT2D eigenvalue weighted by Crippen LogP contribution is -2.19. The number of hydrogen-bond donors (Lipinski definition) is 2. The van der Waals surface area contributed by atoms with E-state index in [4.69, 9.17) is 5.73 Å². The maximum atomic E-state index is 5.81. The Morgan fingerprint density at radius 1 is 1.64 bits per heavy atom. The van der Waals surface area contributed by atoms with Gasteiger partial charge in [-0.05, 0) is 24.7 Å². The zero-order valence-electron chi connectivity index (χ0n) is 8.29. The fourth-order valence-electron chi connectivity index (χ4n) is 1.48. The number of nitrogens with one attached hydrogen (secondary N) is 1. The van der Waals surface area contributed by atoms with Crippen LogP contribution in [0.5, 0.6) is 0 Å². The molecule has 3 N–H and O–H groups in total. The summed E-state index contributed by atoms with van der Waals surface area (Å²) in [6.45, 7) is 1.97. The molecule has 1 unspecified atom stereocenters. The molecular formula is C10H15N3S. The molecule has 0 spiro atoms. The quantitative estimate of drug-likeness (QED) is 0.781. The van der Waals surface area contributed by atoms with E-state index >= 15 is 0 Å². The van der Waals surface area contributed by atoms with Crippen LogP contribution in [-0.2, 0) is 0 Å². The highest BCUT2D eigenvalue weighted by Crippen LogP contribution is 2.21.